The number of aromatic nitrogens is 3. The minimum Gasteiger partial charge on any atom is -0.199 e. The lowest BCUT2D eigenvalue weighted by Gasteiger charge is -2.08. The third-order valence-corrected chi connectivity index (χ3v) is 5.57. The van der Waals surface area contributed by atoms with Crippen LogP contribution in [0.2, 0.25) is 15.1 Å². The van der Waals surface area contributed by atoms with Gasteiger partial charge in [0.2, 0.25) is 0 Å². The van der Waals surface area contributed by atoms with Gasteiger partial charge in [-0.15, -0.1) is 9.19 Å². The zero-order valence-electron chi connectivity index (χ0n) is 10.2. The second-order valence-corrected chi connectivity index (χ2v) is 7.08. The summed E-state index contributed by atoms with van der Waals surface area (Å²) < 4.78 is 26.1. The van der Waals surface area contributed by atoms with Crippen LogP contribution in [-0.4, -0.2) is 22.8 Å². The third-order valence-electron chi connectivity index (χ3n) is 2.80. The van der Waals surface area contributed by atoms with Gasteiger partial charge in [0.15, 0.2) is 0 Å². The maximum Gasteiger partial charge on any atom is 0.286 e. The Kier molecular flexibility index (Phi) is 3.57. The first-order valence-electron chi connectivity index (χ1n) is 5.62. The van der Waals surface area contributed by atoms with E-state index < -0.39 is 10.0 Å². The van der Waals surface area contributed by atoms with E-state index in [1.54, 1.807) is 24.3 Å². The van der Waals surface area contributed by atoms with Crippen LogP contribution in [0.5, 0.6) is 0 Å². The van der Waals surface area contributed by atoms with Crippen LogP contribution in [0.1, 0.15) is 0 Å². The van der Waals surface area contributed by atoms with Crippen LogP contribution in [0.4, 0.5) is 0 Å². The molecule has 21 heavy (non-hydrogen) atoms. The number of hydrogen-bond acceptors (Lipinski definition) is 4. The maximum atomic E-state index is 12.7. The molecule has 0 N–H and O–H groups in total. The zero-order valence-corrected chi connectivity index (χ0v) is 13.2. The second-order valence-electron chi connectivity index (χ2n) is 4.12. The Bertz CT molecular complexity index is 954. The molecule has 1 aromatic heterocycles. The van der Waals surface area contributed by atoms with Crippen molar-refractivity contribution >= 4 is 55.9 Å². The summed E-state index contributed by atoms with van der Waals surface area (Å²) in [5, 5.41) is 7.71. The van der Waals surface area contributed by atoms with Crippen LogP contribution < -0.4 is 0 Å². The van der Waals surface area contributed by atoms with Gasteiger partial charge in [0.1, 0.15) is 15.9 Å². The van der Waals surface area contributed by atoms with E-state index in [1.807, 2.05) is 0 Å². The molecule has 9 heteroatoms. The molecule has 0 unspecified atom stereocenters. The summed E-state index contributed by atoms with van der Waals surface area (Å²) in [6.07, 6.45) is 0. The summed E-state index contributed by atoms with van der Waals surface area (Å²) in [6.45, 7) is 0. The number of halogens is 3. The lowest BCUT2D eigenvalue weighted by Crippen LogP contribution is -2.15. The van der Waals surface area contributed by atoms with E-state index in [0.29, 0.717) is 11.0 Å². The number of nitrogens with zero attached hydrogens (tertiary/aromatic N) is 3. The number of fused-ring (bicyclic) bond motifs is 1. The standard InChI is InChI=1S/C12H6Cl3N3O2S/c13-7-5-9(15)12(6-8(7)14)21(19,20)18-11-4-2-1-3-10(11)16-17-18/h1-6H. The van der Waals surface area contributed by atoms with Crippen molar-refractivity contribution in [1.29, 1.82) is 0 Å². The van der Waals surface area contributed by atoms with Crippen LogP contribution in [-0.2, 0) is 10.0 Å². The molecule has 0 spiro atoms. The summed E-state index contributed by atoms with van der Waals surface area (Å²) in [4.78, 5) is -0.186. The van der Waals surface area contributed by atoms with E-state index in [4.69, 9.17) is 34.8 Å². The number of rotatable bonds is 2. The van der Waals surface area contributed by atoms with Gasteiger partial charge < -0.3 is 0 Å². The summed E-state index contributed by atoms with van der Waals surface area (Å²) in [6, 6.07) is 9.15. The normalized spacial score (nSPS) is 12.0. The molecular formula is C12H6Cl3N3O2S. The fraction of sp³-hybridized carbons (Fsp3) is 0. The van der Waals surface area contributed by atoms with Crippen LogP contribution in [0.25, 0.3) is 11.0 Å². The summed E-state index contributed by atoms with van der Waals surface area (Å²) in [7, 11) is -4.02. The fourth-order valence-corrected chi connectivity index (χ4v) is 4.03. The SMILES string of the molecule is O=S(=O)(c1cc(Cl)c(Cl)cc1Cl)n1nnc2ccccc21. The smallest absolute Gasteiger partial charge is 0.199 e. The molecule has 0 amide bonds. The average Bonchev–Trinajstić information content (AvgIpc) is 2.87. The molecule has 3 aromatic rings. The zero-order chi connectivity index (χ0) is 15.2. The molecule has 0 radical (unpaired) electrons. The Hall–Kier alpha value is -1.34. The highest BCUT2D eigenvalue weighted by Gasteiger charge is 2.25. The van der Waals surface area contributed by atoms with Crippen molar-refractivity contribution in [2.45, 2.75) is 4.90 Å². The largest absolute Gasteiger partial charge is 0.286 e. The van der Waals surface area contributed by atoms with Gasteiger partial charge >= 0.3 is 0 Å². The molecule has 0 bridgehead atoms. The van der Waals surface area contributed by atoms with Crippen LogP contribution in [0.15, 0.2) is 41.3 Å². The van der Waals surface area contributed by atoms with Crippen molar-refractivity contribution in [2.24, 2.45) is 0 Å². The first kappa shape index (κ1) is 14.6. The molecule has 0 fully saturated rings. The molecule has 0 aliphatic rings. The Labute approximate surface area is 135 Å². The van der Waals surface area contributed by atoms with Gasteiger partial charge in [-0.2, -0.15) is 8.42 Å². The molecule has 3 rings (SSSR count). The Morgan fingerprint density at radius 1 is 0.952 bits per heavy atom. The number of hydrogen-bond donors (Lipinski definition) is 0. The maximum absolute atomic E-state index is 12.7. The van der Waals surface area contributed by atoms with Crippen molar-refractivity contribution in [2.75, 3.05) is 0 Å². The minimum absolute atomic E-state index is 0.0380. The van der Waals surface area contributed by atoms with E-state index in [9.17, 15) is 8.42 Å². The predicted molar refractivity (Wildman–Crippen MR) is 81.6 cm³/mol. The molecule has 2 aromatic carbocycles. The van der Waals surface area contributed by atoms with Gasteiger partial charge in [0.25, 0.3) is 10.0 Å². The van der Waals surface area contributed by atoms with E-state index in [0.717, 1.165) is 4.09 Å². The molecule has 0 atom stereocenters. The summed E-state index contributed by atoms with van der Waals surface area (Å²) in [5.41, 5.74) is 0.803. The monoisotopic (exact) mass is 361 g/mol. The van der Waals surface area contributed by atoms with Crippen molar-refractivity contribution in [3.8, 4) is 0 Å². The van der Waals surface area contributed by atoms with Crippen LogP contribution in [0, 0.1) is 0 Å². The average molecular weight is 363 g/mol. The minimum atomic E-state index is -4.02. The first-order valence-corrected chi connectivity index (χ1v) is 8.19. The summed E-state index contributed by atoms with van der Waals surface area (Å²) in [5.74, 6) is 0. The van der Waals surface area contributed by atoms with Crippen molar-refractivity contribution < 1.29 is 8.42 Å². The van der Waals surface area contributed by atoms with Gasteiger partial charge in [0, 0.05) is 0 Å². The van der Waals surface area contributed by atoms with Gasteiger partial charge in [-0.1, -0.05) is 52.1 Å². The molecule has 5 nitrogen and oxygen atoms in total. The van der Waals surface area contributed by atoms with Crippen LogP contribution in [0.3, 0.4) is 0 Å². The highest BCUT2D eigenvalue weighted by molar-refractivity contribution is 7.90. The lowest BCUT2D eigenvalue weighted by molar-refractivity contribution is 0.579. The highest BCUT2D eigenvalue weighted by Crippen LogP contribution is 2.33. The molecule has 108 valence electrons. The molecule has 0 aliphatic heterocycles. The number of benzene rings is 2. The number of para-hydroxylation sites is 1. The first-order chi connectivity index (χ1) is 9.91. The van der Waals surface area contributed by atoms with Crippen molar-refractivity contribution in [3.63, 3.8) is 0 Å². The lowest BCUT2D eigenvalue weighted by atomic mass is 10.3. The van der Waals surface area contributed by atoms with E-state index >= 15 is 0 Å². The van der Waals surface area contributed by atoms with E-state index in [-0.39, 0.29) is 20.0 Å². The van der Waals surface area contributed by atoms with Crippen molar-refractivity contribution in [3.05, 3.63) is 51.5 Å². The van der Waals surface area contributed by atoms with Crippen LogP contribution >= 0.6 is 34.8 Å². The van der Waals surface area contributed by atoms with Gasteiger partial charge in [-0.25, -0.2) is 0 Å². The summed E-state index contributed by atoms with van der Waals surface area (Å²) >= 11 is 17.7. The van der Waals surface area contributed by atoms with Gasteiger partial charge in [-0.05, 0) is 24.3 Å². The van der Waals surface area contributed by atoms with Gasteiger partial charge in [-0.3, -0.25) is 0 Å². The highest BCUT2D eigenvalue weighted by atomic mass is 35.5. The fourth-order valence-electron chi connectivity index (χ4n) is 1.82. The molecule has 0 saturated carbocycles. The molecule has 0 saturated heterocycles. The third kappa shape index (κ3) is 2.38. The molecular weight excluding hydrogens is 357 g/mol. The van der Waals surface area contributed by atoms with Gasteiger partial charge in [0.05, 0.1) is 15.1 Å². The Balaban J connectivity index is 2.29. The Morgan fingerprint density at radius 3 is 2.38 bits per heavy atom. The molecule has 0 aliphatic carbocycles. The molecule has 1 heterocycles. The van der Waals surface area contributed by atoms with Crippen molar-refractivity contribution in [1.82, 2.24) is 14.4 Å². The Morgan fingerprint density at radius 2 is 1.62 bits per heavy atom. The quantitative estimate of drug-likeness (QED) is 0.653. The second kappa shape index (κ2) is 5.14. The van der Waals surface area contributed by atoms with E-state index in [2.05, 4.69) is 10.3 Å². The predicted octanol–water partition coefficient (Wildman–Crippen LogP) is 3.63. The topological polar surface area (TPSA) is 64.8 Å². The van der Waals surface area contributed by atoms with E-state index in [1.165, 1.54) is 12.1 Å².